The molecule has 3 rings (SSSR count). The molecule has 0 radical (unpaired) electrons. The Morgan fingerprint density at radius 3 is 2.19 bits per heavy atom. The molecule has 27 heavy (non-hydrogen) atoms. The Bertz CT molecular complexity index is 939. The van der Waals surface area contributed by atoms with Crippen LogP contribution in [0.5, 0.6) is 17.4 Å². The van der Waals surface area contributed by atoms with E-state index in [1.165, 1.54) is 0 Å². The van der Waals surface area contributed by atoms with Crippen molar-refractivity contribution in [2.24, 2.45) is 5.73 Å². The molecule has 0 saturated heterocycles. The molecule has 0 fully saturated rings. The molecule has 0 saturated carbocycles. The summed E-state index contributed by atoms with van der Waals surface area (Å²) in [6.45, 7) is -0.402. The lowest BCUT2D eigenvalue weighted by atomic mass is 10.1. The number of nitrogen functional groups attached to an aromatic ring is 1. The van der Waals surface area contributed by atoms with Gasteiger partial charge in [-0.1, -0.05) is 24.3 Å². The normalized spacial score (nSPS) is 10.2. The maximum atomic E-state index is 10.5. The molecule has 1 aromatic heterocycles. The van der Waals surface area contributed by atoms with Crippen molar-refractivity contribution in [2.75, 3.05) is 6.61 Å². The maximum Gasteiger partial charge on any atom is 0.341 e. The first kappa shape index (κ1) is 17.9. The van der Waals surface area contributed by atoms with Crippen molar-refractivity contribution in [3.63, 3.8) is 0 Å². The average molecular weight is 364 g/mol. The standard InChI is InChI=1S/C19H16N4O4/c20-19(21)13-3-1-12(2-4-13)16-9-10-17(23-22-16)27-15-7-5-14(6-8-15)26-11-18(24)25/h1-10H,11H2,(H3,20,21)(H,24,25). The van der Waals surface area contributed by atoms with Crippen LogP contribution in [-0.4, -0.2) is 33.7 Å². The minimum Gasteiger partial charge on any atom is -0.482 e. The molecule has 136 valence electrons. The van der Waals surface area contributed by atoms with Crippen LogP contribution in [0, 0.1) is 5.41 Å². The number of ether oxygens (including phenoxy) is 2. The lowest BCUT2D eigenvalue weighted by Crippen LogP contribution is -2.10. The van der Waals surface area contributed by atoms with E-state index < -0.39 is 12.6 Å². The van der Waals surface area contributed by atoms with Gasteiger partial charge in [0, 0.05) is 17.2 Å². The number of hydrogen-bond acceptors (Lipinski definition) is 6. The highest BCUT2D eigenvalue weighted by Gasteiger charge is 2.05. The molecular formula is C19H16N4O4. The number of amidine groups is 1. The fourth-order valence-corrected chi connectivity index (χ4v) is 2.22. The number of carbonyl (C=O) groups is 1. The number of benzene rings is 2. The van der Waals surface area contributed by atoms with Crippen LogP contribution < -0.4 is 15.2 Å². The van der Waals surface area contributed by atoms with E-state index in [1.807, 2.05) is 12.1 Å². The summed E-state index contributed by atoms with van der Waals surface area (Å²) in [6, 6.07) is 17.1. The summed E-state index contributed by atoms with van der Waals surface area (Å²) in [5, 5.41) is 24.2. The van der Waals surface area contributed by atoms with E-state index in [-0.39, 0.29) is 5.84 Å². The lowest BCUT2D eigenvalue weighted by Gasteiger charge is -2.07. The Hall–Kier alpha value is -3.94. The Morgan fingerprint density at radius 2 is 1.63 bits per heavy atom. The van der Waals surface area contributed by atoms with E-state index >= 15 is 0 Å². The van der Waals surface area contributed by atoms with Gasteiger partial charge >= 0.3 is 5.97 Å². The second kappa shape index (κ2) is 7.96. The first-order valence-electron chi connectivity index (χ1n) is 7.92. The van der Waals surface area contributed by atoms with Crippen LogP contribution >= 0.6 is 0 Å². The van der Waals surface area contributed by atoms with Gasteiger partial charge < -0.3 is 20.3 Å². The summed E-state index contributed by atoms with van der Waals surface area (Å²) in [4.78, 5) is 10.5. The second-order valence-electron chi connectivity index (χ2n) is 5.50. The third kappa shape index (κ3) is 4.79. The largest absolute Gasteiger partial charge is 0.482 e. The van der Waals surface area contributed by atoms with Gasteiger partial charge in [0.15, 0.2) is 6.61 Å². The summed E-state index contributed by atoms with van der Waals surface area (Å²) in [7, 11) is 0. The summed E-state index contributed by atoms with van der Waals surface area (Å²) in [6.07, 6.45) is 0. The molecule has 0 amide bonds. The third-order valence-electron chi connectivity index (χ3n) is 3.54. The zero-order chi connectivity index (χ0) is 19.2. The van der Waals surface area contributed by atoms with Crippen LogP contribution in [0.4, 0.5) is 0 Å². The Kier molecular flexibility index (Phi) is 5.27. The van der Waals surface area contributed by atoms with E-state index in [9.17, 15) is 4.79 Å². The molecule has 0 atom stereocenters. The quantitative estimate of drug-likeness (QED) is 0.434. The minimum atomic E-state index is -1.04. The van der Waals surface area contributed by atoms with Crippen molar-refractivity contribution >= 4 is 11.8 Å². The number of hydrogen-bond donors (Lipinski definition) is 3. The number of nitrogens with zero attached hydrogens (tertiary/aromatic N) is 2. The summed E-state index contributed by atoms with van der Waals surface area (Å²) >= 11 is 0. The van der Waals surface area contributed by atoms with Crippen molar-refractivity contribution < 1.29 is 19.4 Å². The van der Waals surface area contributed by atoms with Crippen molar-refractivity contribution in [1.29, 1.82) is 5.41 Å². The fraction of sp³-hybridized carbons (Fsp3) is 0.0526. The molecule has 4 N–H and O–H groups in total. The summed E-state index contributed by atoms with van der Waals surface area (Å²) in [5.74, 6) is 0.237. The van der Waals surface area contributed by atoms with Crippen LogP contribution in [0.2, 0.25) is 0 Å². The Balaban J connectivity index is 1.65. The fourth-order valence-electron chi connectivity index (χ4n) is 2.22. The molecule has 8 nitrogen and oxygen atoms in total. The highest BCUT2D eigenvalue weighted by Crippen LogP contribution is 2.24. The number of carboxylic acids is 1. The van der Waals surface area contributed by atoms with Crippen LogP contribution in [0.15, 0.2) is 60.7 Å². The van der Waals surface area contributed by atoms with Crippen molar-refractivity contribution in [1.82, 2.24) is 10.2 Å². The van der Waals surface area contributed by atoms with Gasteiger partial charge in [0.2, 0.25) is 5.88 Å². The number of carboxylic acid groups (broad SMARTS) is 1. The molecule has 0 unspecified atom stereocenters. The molecule has 3 aromatic rings. The highest BCUT2D eigenvalue weighted by atomic mass is 16.5. The SMILES string of the molecule is N=C(N)c1ccc(-c2ccc(Oc3ccc(OCC(=O)O)cc3)nn2)cc1. The van der Waals surface area contributed by atoms with E-state index in [0.717, 1.165) is 5.56 Å². The van der Waals surface area contributed by atoms with Crippen molar-refractivity contribution in [2.45, 2.75) is 0 Å². The summed E-state index contributed by atoms with van der Waals surface area (Å²) in [5.41, 5.74) is 7.59. The number of nitrogens with one attached hydrogen (secondary N) is 1. The molecule has 0 bridgehead atoms. The van der Waals surface area contributed by atoms with Gasteiger partial charge in [0.1, 0.15) is 17.3 Å². The first-order chi connectivity index (χ1) is 13.0. The van der Waals surface area contributed by atoms with Gasteiger partial charge in [0.25, 0.3) is 0 Å². The summed E-state index contributed by atoms with van der Waals surface area (Å²) < 4.78 is 10.7. The van der Waals surface area contributed by atoms with E-state index in [0.29, 0.717) is 28.6 Å². The first-order valence-corrected chi connectivity index (χ1v) is 7.92. The zero-order valence-corrected chi connectivity index (χ0v) is 14.1. The molecule has 0 spiro atoms. The van der Waals surface area contributed by atoms with Gasteiger partial charge in [-0.25, -0.2) is 4.79 Å². The Labute approximate surface area is 154 Å². The van der Waals surface area contributed by atoms with Crippen LogP contribution in [0.3, 0.4) is 0 Å². The topological polar surface area (TPSA) is 131 Å². The Morgan fingerprint density at radius 1 is 0.963 bits per heavy atom. The number of rotatable bonds is 7. The number of nitrogens with two attached hydrogens (primary N) is 1. The van der Waals surface area contributed by atoms with Crippen LogP contribution in [0.25, 0.3) is 11.3 Å². The molecule has 0 aliphatic heterocycles. The van der Waals surface area contributed by atoms with Gasteiger partial charge in [-0.2, -0.15) is 0 Å². The molecule has 0 aliphatic carbocycles. The van der Waals surface area contributed by atoms with Gasteiger partial charge in [-0.15, -0.1) is 10.2 Å². The zero-order valence-electron chi connectivity index (χ0n) is 14.1. The van der Waals surface area contributed by atoms with Crippen LogP contribution in [-0.2, 0) is 4.79 Å². The van der Waals surface area contributed by atoms with Crippen molar-refractivity contribution in [3.05, 3.63) is 66.2 Å². The molecular weight excluding hydrogens is 348 g/mol. The van der Waals surface area contributed by atoms with Gasteiger partial charge in [-0.05, 0) is 30.3 Å². The third-order valence-corrected chi connectivity index (χ3v) is 3.54. The maximum absolute atomic E-state index is 10.5. The van der Waals surface area contributed by atoms with Gasteiger partial charge in [0.05, 0.1) is 5.69 Å². The van der Waals surface area contributed by atoms with E-state index in [2.05, 4.69) is 10.2 Å². The highest BCUT2D eigenvalue weighted by molar-refractivity contribution is 5.95. The monoisotopic (exact) mass is 364 g/mol. The molecule has 8 heteroatoms. The second-order valence-corrected chi connectivity index (χ2v) is 5.50. The van der Waals surface area contributed by atoms with Crippen molar-refractivity contribution in [3.8, 4) is 28.6 Å². The van der Waals surface area contributed by atoms with E-state index in [4.69, 9.17) is 25.7 Å². The predicted octanol–water partition coefficient (Wildman–Crippen LogP) is 2.68. The molecule has 1 heterocycles. The molecule has 2 aromatic carbocycles. The molecule has 0 aliphatic rings. The predicted molar refractivity (Wildman–Crippen MR) is 98.1 cm³/mol. The lowest BCUT2D eigenvalue weighted by molar-refractivity contribution is -0.139. The minimum absolute atomic E-state index is 0.00996. The number of aromatic nitrogens is 2. The average Bonchev–Trinajstić information content (AvgIpc) is 2.68. The van der Waals surface area contributed by atoms with E-state index in [1.54, 1.807) is 48.5 Å². The van der Waals surface area contributed by atoms with Crippen LogP contribution in [0.1, 0.15) is 5.56 Å². The smallest absolute Gasteiger partial charge is 0.341 e. The number of aliphatic carboxylic acids is 1. The van der Waals surface area contributed by atoms with Gasteiger partial charge in [-0.3, -0.25) is 5.41 Å².